The van der Waals surface area contributed by atoms with Crippen LogP contribution in [0.25, 0.3) is 11.0 Å². The molecule has 1 heterocycles. The molecule has 1 aromatic carbocycles. The second-order valence-electron chi connectivity index (χ2n) is 4.91. The van der Waals surface area contributed by atoms with Crippen LogP contribution in [0.2, 0.25) is 0 Å². The van der Waals surface area contributed by atoms with Crippen molar-refractivity contribution in [3.8, 4) is 0 Å². The van der Waals surface area contributed by atoms with Gasteiger partial charge in [0.05, 0.1) is 11.1 Å². The van der Waals surface area contributed by atoms with Gasteiger partial charge in [-0.1, -0.05) is 12.1 Å². The second kappa shape index (κ2) is 4.14. The first-order valence-corrected chi connectivity index (χ1v) is 6.17. The van der Waals surface area contributed by atoms with Crippen molar-refractivity contribution in [1.29, 1.82) is 0 Å². The molecule has 2 aromatic rings. The van der Waals surface area contributed by atoms with Crippen molar-refractivity contribution in [2.45, 2.75) is 12.8 Å². The summed E-state index contributed by atoms with van der Waals surface area (Å²) in [5, 5.41) is 7.01. The van der Waals surface area contributed by atoms with Crippen LogP contribution in [0, 0.1) is 5.41 Å². The highest BCUT2D eigenvalue weighted by Gasteiger charge is 2.49. The third-order valence-electron chi connectivity index (χ3n) is 3.58. The van der Waals surface area contributed by atoms with E-state index in [9.17, 15) is 4.79 Å². The molecule has 1 aromatic heterocycles. The van der Waals surface area contributed by atoms with Crippen LogP contribution in [0.5, 0.6) is 0 Å². The Morgan fingerprint density at radius 2 is 2.17 bits per heavy atom. The van der Waals surface area contributed by atoms with Gasteiger partial charge in [-0.15, -0.1) is 0 Å². The molecule has 2 N–H and O–H groups in total. The van der Waals surface area contributed by atoms with E-state index in [0.29, 0.717) is 0 Å². The van der Waals surface area contributed by atoms with Gasteiger partial charge in [0.15, 0.2) is 0 Å². The van der Waals surface area contributed by atoms with Gasteiger partial charge in [-0.2, -0.15) is 0 Å². The highest BCUT2D eigenvalue weighted by atomic mass is 16.3. The molecule has 0 aliphatic heterocycles. The summed E-state index contributed by atoms with van der Waals surface area (Å²) in [6.07, 6.45) is 3.52. The summed E-state index contributed by atoms with van der Waals surface area (Å²) in [5.41, 5.74) is 1.34. The van der Waals surface area contributed by atoms with Crippen LogP contribution in [-0.4, -0.2) is 19.5 Å². The molecule has 1 fully saturated rings. The van der Waals surface area contributed by atoms with Crippen molar-refractivity contribution in [2.24, 2.45) is 5.41 Å². The highest BCUT2D eigenvalue weighted by Crippen LogP contribution is 2.46. The molecule has 4 nitrogen and oxygen atoms in total. The van der Waals surface area contributed by atoms with Crippen LogP contribution in [-0.2, 0) is 4.79 Å². The topological polar surface area (TPSA) is 54.3 Å². The van der Waals surface area contributed by atoms with Crippen LogP contribution in [0.15, 0.2) is 34.9 Å². The standard InChI is InChI=1S/C14H16N2O2/c1-15-9-14(6-7-14)13(17)16-11-8-18-12-5-3-2-4-10(11)12/h2-5,8,15H,6-7,9H2,1H3,(H,16,17). The lowest BCUT2D eigenvalue weighted by molar-refractivity contribution is -0.120. The van der Waals surface area contributed by atoms with Gasteiger partial charge in [0.1, 0.15) is 11.8 Å². The van der Waals surface area contributed by atoms with Crippen molar-refractivity contribution in [2.75, 3.05) is 18.9 Å². The van der Waals surface area contributed by atoms with Crippen LogP contribution < -0.4 is 10.6 Å². The van der Waals surface area contributed by atoms with Crippen molar-refractivity contribution in [3.63, 3.8) is 0 Å². The van der Waals surface area contributed by atoms with E-state index in [2.05, 4.69) is 10.6 Å². The number of furan rings is 1. The maximum Gasteiger partial charge on any atom is 0.231 e. The molecule has 0 saturated heterocycles. The van der Waals surface area contributed by atoms with Crippen LogP contribution in [0.4, 0.5) is 5.69 Å². The van der Waals surface area contributed by atoms with Crippen LogP contribution >= 0.6 is 0 Å². The van der Waals surface area contributed by atoms with E-state index in [1.807, 2.05) is 31.3 Å². The summed E-state index contributed by atoms with van der Waals surface area (Å²) in [6.45, 7) is 0.731. The lowest BCUT2D eigenvalue weighted by Crippen LogP contribution is -2.32. The van der Waals surface area contributed by atoms with Gasteiger partial charge in [-0.05, 0) is 32.0 Å². The number of hydrogen-bond donors (Lipinski definition) is 2. The first-order chi connectivity index (χ1) is 8.75. The van der Waals surface area contributed by atoms with Gasteiger partial charge < -0.3 is 15.1 Å². The minimum atomic E-state index is -0.215. The summed E-state index contributed by atoms with van der Waals surface area (Å²) in [4.78, 5) is 12.2. The molecule has 0 atom stereocenters. The summed E-state index contributed by atoms with van der Waals surface area (Å²) < 4.78 is 5.41. The largest absolute Gasteiger partial charge is 0.462 e. The van der Waals surface area contributed by atoms with Crippen molar-refractivity contribution in [3.05, 3.63) is 30.5 Å². The molecule has 1 aliphatic rings. The first-order valence-electron chi connectivity index (χ1n) is 6.17. The zero-order valence-corrected chi connectivity index (χ0v) is 10.3. The van der Waals surface area contributed by atoms with E-state index in [1.54, 1.807) is 6.26 Å². The fourth-order valence-corrected chi connectivity index (χ4v) is 2.30. The van der Waals surface area contributed by atoms with Crippen LogP contribution in [0.1, 0.15) is 12.8 Å². The molecule has 0 unspecified atom stereocenters. The Labute approximate surface area is 105 Å². The van der Waals surface area contributed by atoms with Gasteiger partial charge in [0.2, 0.25) is 5.91 Å². The number of fused-ring (bicyclic) bond motifs is 1. The smallest absolute Gasteiger partial charge is 0.231 e. The zero-order valence-electron chi connectivity index (χ0n) is 10.3. The molecule has 0 spiro atoms. The SMILES string of the molecule is CNCC1(C(=O)Nc2coc3ccccc23)CC1. The lowest BCUT2D eigenvalue weighted by atomic mass is 10.1. The molecule has 3 rings (SSSR count). The van der Waals surface area contributed by atoms with Gasteiger partial charge in [-0.25, -0.2) is 0 Å². The Kier molecular flexibility index (Phi) is 2.59. The zero-order chi connectivity index (χ0) is 12.6. The number of hydrogen-bond acceptors (Lipinski definition) is 3. The summed E-state index contributed by atoms with van der Waals surface area (Å²) >= 11 is 0. The number of anilines is 1. The Balaban J connectivity index is 1.82. The maximum atomic E-state index is 12.2. The average molecular weight is 244 g/mol. The number of carbonyl (C=O) groups excluding carboxylic acids is 1. The van der Waals surface area contributed by atoms with E-state index in [1.165, 1.54) is 0 Å². The normalized spacial score (nSPS) is 16.7. The van der Waals surface area contributed by atoms with Gasteiger partial charge in [0, 0.05) is 11.9 Å². The van der Waals surface area contributed by atoms with E-state index in [0.717, 1.165) is 36.0 Å². The first kappa shape index (κ1) is 11.3. The molecule has 4 heteroatoms. The molecular formula is C14H16N2O2. The minimum Gasteiger partial charge on any atom is -0.462 e. The number of nitrogens with one attached hydrogen (secondary N) is 2. The summed E-state index contributed by atoms with van der Waals surface area (Å²) in [6, 6.07) is 7.70. The van der Waals surface area contributed by atoms with Crippen molar-refractivity contribution in [1.82, 2.24) is 5.32 Å². The predicted molar refractivity (Wildman–Crippen MR) is 70.4 cm³/mol. The summed E-state index contributed by atoms with van der Waals surface area (Å²) in [5.74, 6) is 0.0865. The molecular weight excluding hydrogens is 228 g/mol. The molecule has 94 valence electrons. The molecule has 0 bridgehead atoms. The van der Waals surface area contributed by atoms with E-state index in [-0.39, 0.29) is 11.3 Å². The van der Waals surface area contributed by atoms with E-state index < -0.39 is 0 Å². The van der Waals surface area contributed by atoms with E-state index >= 15 is 0 Å². The predicted octanol–water partition coefficient (Wildman–Crippen LogP) is 2.37. The lowest BCUT2D eigenvalue weighted by Gasteiger charge is -2.13. The van der Waals surface area contributed by atoms with Gasteiger partial charge >= 0.3 is 0 Å². The maximum absolute atomic E-state index is 12.2. The molecule has 18 heavy (non-hydrogen) atoms. The third-order valence-corrected chi connectivity index (χ3v) is 3.58. The molecule has 1 aliphatic carbocycles. The fraction of sp³-hybridized carbons (Fsp3) is 0.357. The van der Waals surface area contributed by atoms with Crippen molar-refractivity contribution < 1.29 is 9.21 Å². The number of benzene rings is 1. The van der Waals surface area contributed by atoms with Gasteiger partial charge in [-0.3, -0.25) is 4.79 Å². The minimum absolute atomic E-state index is 0.0865. The molecule has 0 radical (unpaired) electrons. The monoisotopic (exact) mass is 244 g/mol. The number of carbonyl (C=O) groups is 1. The number of amides is 1. The van der Waals surface area contributed by atoms with Gasteiger partial charge in [0.25, 0.3) is 0 Å². The number of rotatable bonds is 4. The third kappa shape index (κ3) is 1.78. The quantitative estimate of drug-likeness (QED) is 0.868. The molecule has 1 amide bonds. The highest BCUT2D eigenvalue weighted by molar-refractivity contribution is 6.03. The molecule has 1 saturated carbocycles. The van der Waals surface area contributed by atoms with E-state index in [4.69, 9.17) is 4.42 Å². The summed E-state index contributed by atoms with van der Waals surface area (Å²) in [7, 11) is 1.88. The Bertz CT molecular complexity index is 584. The average Bonchev–Trinajstić information content (AvgIpc) is 3.06. The Morgan fingerprint density at radius 1 is 1.39 bits per heavy atom. The Hall–Kier alpha value is -1.81. The number of para-hydroxylation sites is 1. The fourth-order valence-electron chi connectivity index (χ4n) is 2.30. The second-order valence-corrected chi connectivity index (χ2v) is 4.91. The van der Waals surface area contributed by atoms with Crippen molar-refractivity contribution >= 4 is 22.6 Å². The Morgan fingerprint density at radius 3 is 2.89 bits per heavy atom. The van der Waals surface area contributed by atoms with Crippen LogP contribution in [0.3, 0.4) is 0 Å².